The molecule has 104 valence electrons. The van der Waals surface area contributed by atoms with E-state index in [9.17, 15) is 0 Å². The van der Waals surface area contributed by atoms with Crippen molar-refractivity contribution in [1.82, 2.24) is 9.97 Å². The molecule has 1 aliphatic carbocycles. The van der Waals surface area contributed by atoms with Crippen molar-refractivity contribution in [2.75, 3.05) is 5.32 Å². The molecular weight excluding hydrogens is 338 g/mol. The van der Waals surface area contributed by atoms with Crippen LogP contribution in [0.25, 0.3) is 0 Å². The molecule has 5 heteroatoms. The highest BCUT2D eigenvalue weighted by molar-refractivity contribution is 9.10. The van der Waals surface area contributed by atoms with Gasteiger partial charge in [0.25, 0.3) is 0 Å². The summed E-state index contributed by atoms with van der Waals surface area (Å²) in [6.45, 7) is 2.11. The summed E-state index contributed by atoms with van der Waals surface area (Å²) in [5.41, 5.74) is 1.20. The first kappa shape index (κ1) is 13.8. The van der Waals surface area contributed by atoms with Crippen LogP contribution in [0.5, 0.6) is 0 Å². The lowest BCUT2D eigenvalue weighted by Crippen LogP contribution is -2.09. The molecule has 1 fully saturated rings. The first-order valence-corrected chi connectivity index (χ1v) is 7.85. The fourth-order valence-electron chi connectivity index (χ4n) is 2.09. The van der Waals surface area contributed by atoms with Gasteiger partial charge < -0.3 is 5.32 Å². The summed E-state index contributed by atoms with van der Waals surface area (Å²) in [4.78, 5) is 8.86. The Labute approximate surface area is 131 Å². The second-order valence-electron chi connectivity index (χ2n) is 5.13. The summed E-state index contributed by atoms with van der Waals surface area (Å²) in [7, 11) is 0. The first-order valence-electron chi connectivity index (χ1n) is 6.68. The first-order chi connectivity index (χ1) is 9.61. The minimum atomic E-state index is 0.168. The molecule has 0 amide bonds. The van der Waals surface area contributed by atoms with Crippen molar-refractivity contribution in [3.63, 3.8) is 0 Å². The highest BCUT2D eigenvalue weighted by Crippen LogP contribution is 2.39. The zero-order chi connectivity index (χ0) is 14.1. The van der Waals surface area contributed by atoms with Crippen molar-refractivity contribution in [1.29, 1.82) is 0 Å². The molecule has 1 aliphatic rings. The molecule has 20 heavy (non-hydrogen) atoms. The molecular formula is C15H15BrClN3. The maximum Gasteiger partial charge on any atom is 0.135 e. The second kappa shape index (κ2) is 5.70. The average Bonchev–Trinajstić information content (AvgIpc) is 3.23. The third-order valence-corrected chi connectivity index (χ3v) is 4.11. The Balaban J connectivity index is 1.78. The van der Waals surface area contributed by atoms with Gasteiger partial charge in [-0.1, -0.05) is 39.7 Å². The van der Waals surface area contributed by atoms with Gasteiger partial charge in [-0.2, -0.15) is 0 Å². The van der Waals surface area contributed by atoms with Crippen LogP contribution >= 0.6 is 27.5 Å². The quantitative estimate of drug-likeness (QED) is 0.792. The van der Waals surface area contributed by atoms with Gasteiger partial charge in [0.15, 0.2) is 0 Å². The van der Waals surface area contributed by atoms with E-state index in [0.29, 0.717) is 11.1 Å². The van der Waals surface area contributed by atoms with E-state index in [4.69, 9.17) is 11.6 Å². The van der Waals surface area contributed by atoms with Crippen LogP contribution in [0.15, 0.2) is 34.8 Å². The number of nitrogens with one attached hydrogen (secondary N) is 1. The second-order valence-corrected chi connectivity index (χ2v) is 6.43. The van der Waals surface area contributed by atoms with E-state index in [2.05, 4.69) is 50.3 Å². The Bertz CT molecular complexity index is 611. The highest BCUT2D eigenvalue weighted by Gasteiger charge is 2.27. The summed E-state index contributed by atoms with van der Waals surface area (Å²) in [5, 5.41) is 3.90. The monoisotopic (exact) mass is 351 g/mol. The molecule has 0 aliphatic heterocycles. The van der Waals surface area contributed by atoms with E-state index in [0.717, 1.165) is 16.1 Å². The predicted octanol–water partition coefficient (Wildman–Crippen LogP) is 4.94. The normalized spacial score (nSPS) is 15.9. The summed E-state index contributed by atoms with van der Waals surface area (Å²) < 4.78 is 1.08. The Morgan fingerprint density at radius 3 is 2.60 bits per heavy atom. The molecule has 2 aromatic rings. The van der Waals surface area contributed by atoms with Crippen LogP contribution in [0.3, 0.4) is 0 Å². The van der Waals surface area contributed by atoms with Gasteiger partial charge in [0, 0.05) is 22.5 Å². The summed E-state index contributed by atoms with van der Waals surface area (Å²) in [6, 6.07) is 10.2. The van der Waals surface area contributed by atoms with Crippen LogP contribution < -0.4 is 5.32 Å². The van der Waals surface area contributed by atoms with Gasteiger partial charge in [0.1, 0.15) is 16.8 Å². The molecule has 3 nitrogen and oxygen atoms in total. The number of rotatable bonds is 4. The molecule has 1 heterocycles. The average molecular weight is 353 g/mol. The van der Waals surface area contributed by atoms with Gasteiger partial charge in [0.05, 0.1) is 0 Å². The van der Waals surface area contributed by atoms with Crippen LogP contribution in [0.4, 0.5) is 5.82 Å². The van der Waals surface area contributed by atoms with Gasteiger partial charge in [-0.05, 0) is 37.5 Å². The van der Waals surface area contributed by atoms with Crippen LogP contribution in [0.1, 0.15) is 43.1 Å². The largest absolute Gasteiger partial charge is 0.363 e. The maximum atomic E-state index is 6.07. The molecule has 0 radical (unpaired) electrons. The van der Waals surface area contributed by atoms with Crippen molar-refractivity contribution < 1.29 is 0 Å². The predicted molar refractivity (Wildman–Crippen MR) is 85.2 cm³/mol. The fourth-order valence-corrected chi connectivity index (χ4v) is 2.54. The number of hydrogen-bond donors (Lipinski definition) is 1. The molecule has 1 unspecified atom stereocenters. The van der Waals surface area contributed by atoms with Crippen molar-refractivity contribution in [3.05, 3.63) is 51.3 Å². The van der Waals surface area contributed by atoms with Crippen molar-refractivity contribution in [3.8, 4) is 0 Å². The number of nitrogens with zero attached hydrogens (tertiary/aromatic N) is 2. The van der Waals surface area contributed by atoms with Crippen LogP contribution in [0, 0.1) is 0 Å². The van der Waals surface area contributed by atoms with Crippen molar-refractivity contribution >= 4 is 33.3 Å². The lowest BCUT2D eigenvalue weighted by molar-refractivity contribution is 0.854. The van der Waals surface area contributed by atoms with E-state index < -0.39 is 0 Å². The number of benzene rings is 1. The Kier molecular flexibility index (Phi) is 3.94. The Morgan fingerprint density at radius 2 is 1.95 bits per heavy atom. The summed E-state index contributed by atoms with van der Waals surface area (Å²) in [6.07, 6.45) is 2.34. The molecule has 0 bridgehead atoms. The van der Waals surface area contributed by atoms with E-state index in [1.54, 1.807) is 6.07 Å². The summed E-state index contributed by atoms with van der Waals surface area (Å²) >= 11 is 9.52. The smallest absolute Gasteiger partial charge is 0.135 e. The number of hydrogen-bond acceptors (Lipinski definition) is 3. The van der Waals surface area contributed by atoms with E-state index in [-0.39, 0.29) is 6.04 Å². The number of aromatic nitrogens is 2. The van der Waals surface area contributed by atoms with Gasteiger partial charge in [-0.15, -0.1) is 0 Å². The molecule has 1 N–H and O–H groups in total. The molecule has 1 aromatic heterocycles. The lowest BCUT2D eigenvalue weighted by Gasteiger charge is -2.15. The van der Waals surface area contributed by atoms with Crippen molar-refractivity contribution in [2.45, 2.75) is 31.7 Å². The Hall–Kier alpha value is -1.13. The molecule has 0 saturated heterocycles. The number of halogens is 2. The van der Waals surface area contributed by atoms with Gasteiger partial charge in [0.2, 0.25) is 0 Å². The van der Waals surface area contributed by atoms with Crippen LogP contribution in [-0.2, 0) is 0 Å². The number of anilines is 1. The third kappa shape index (κ3) is 3.30. The molecule has 1 aromatic carbocycles. The van der Waals surface area contributed by atoms with E-state index in [1.165, 1.54) is 18.4 Å². The standard InChI is InChI=1S/C15H15BrClN3/c1-9(10-4-6-12(16)7-5-10)18-14-8-13(17)19-15(20-14)11-2-3-11/h4-9,11H,2-3H2,1H3,(H,18,19,20). The minimum absolute atomic E-state index is 0.168. The van der Waals surface area contributed by atoms with Gasteiger partial charge in [-0.25, -0.2) is 9.97 Å². The Morgan fingerprint density at radius 1 is 1.25 bits per heavy atom. The fraction of sp³-hybridized carbons (Fsp3) is 0.333. The third-order valence-electron chi connectivity index (χ3n) is 3.39. The van der Waals surface area contributed by atoms with Gasteiger partial charge >= 0.3 is 0 Å². The highest BCUT2D eigenvalue weighted by atomic mass is 79.9. The SMILES string of the molecule is CC(Nc1cc(Cl)nc(C2CC2)n1)c1ccc(Br)cc1. The molecule has 0 spiro atoms. The topological polar surface area (TPSA) is 37.8 Å². The lowest BCUT2D eigenvalue weighted by atomic mass is 10.1. The molecule has 1 saturated carbocycles. The van der Waals surface area contributed by atoms with E-state index >= 15 is 0 Å². The zero-order valence-electron chi connectivity index (χ0n) is 11.1. The summed E-state index contributed by atoms with van der Waals surface area (Å²) in [5.74, 6) is 2.16. The zero-order valence-corrected chi connectivity index (χ0v) is 13.4. The minimum Gasteiger partial charge on any atom is -0.363 e. The van der Waals surface area contributed by atoms with E-state index in [1.807, 2.05) is 12.1 Å². The maximum absolute atomic E-state index is 6.07. The van der Waals surface area contributed by atoms with Gasteiger partial charge in [-0.3, -0.25) is 0 Å². The molecule has 1 atom stereocenters. The van der Waals surface area contributed by atoms with Crippen LogP contribution in [-0.4, -0.2) is 9.97 Å². The van der Waals surface area contributed by atoms with Crippen molar-refractivity contribution in [2.24, 2.45) is 0 Å². The molecule has 3 rings (SSSR count). The van der Waals surface area contributed by atoms with Crippen LogP contribution in [0.2, 0.25) is 5.15 Å².